The molecule has 1 unspecified atom stereocenters. The number of hydrogen-bond donors (Lipinski definition) is 0. The van der Waals surface area contributed by atoms with E-state index in [4.69, 9.17) is 4.74 Å². The van der Waals surface area contributed by atoms with E-state index in [0.717, 1.165) is 38.9 Å². The maximum Gasteiger partial charge on any atom is 0.129 e. The lowest BCUT2D eigenvalue weighted by Crippen LogP contribution is -2.48. The highest BCUT2D eigenvalue weighted by molar-refractivity contribution is 8.00. The summed E-state index contributed by atoms with van der Waals surface area (Å²) in [6.45, 7) is 8.97. The van der Waals surface area contributed by atoms with Crippen LogP contribution < -0.4 is 0 Å². The van der Waals surface area contributed by atoms with Gasteiger partial charge in [0.05, 0.1) is 12.0 Å². The van der Waals surface area contributed by atoms with E-state index in [2.05, 4.69) is 18.7 Å². The third kappa shape index (κ3) is 2.79. The molecule has 92 valence electrons. The number of hydrogen-bond acceptors (Lipinski definition) is 4. The Morgan fingerprint density at radius 3 is 2.88 bits per heavy atom. The van der Waals surface area contributed by atoms with Crippen LogP contribution in [0.25, 0.3) is 0 Å². The molecule has 0 aliphatic carbocycles. The van der Waals surface area contributed by atoms with Crippen LogP contribution >= 0.6 is 11.8 Å². The van der Waals surface area contributed by atoms with Gasteiger partial charge in [-0.25, -0.2) is 0 Å². The zero-order valence-corrected chi connectivity index (χ0v) is 11.0. The summed E-state index contributed by atoms with van der Waals surface area (Å²) in [4.78, 5) is 13.7. The molecule has 2 fully saturated rings. The Morgan fingerprint density at radius 2 is 2.31 bits per heavy atom. The predicted molar refractivity (Wildman–Crippen MR) is 66.9 cm³/mol. The Kier molecular flexibility index (Phi) is 3.62. The van der Waals surface area contributed by atoms with E-state index in [9.17, 15) is 4.79 Å². The van der Waals surface area contributed by atoms with Gasteiger partial charge in [-0.2, -0.15) is 11.8 Å². The molecule has 2 rings (SSSR count). The average Bonchev–Trinajstić information content (AvgIpc) is 2.65. The van der Waals surface area contributed by atoms with Crippen LogP contribution in [-0.2, 0) is 9.53 Å². The molecule has 2 aliphatic rings. The first-order chi connectivity index (χ1) is 7.55. The van der Waals surface area contributed by atoms with Crippen molar-refractivity contribution in [1.29, 1.82) is 0 Å². The molecule has 16 heavy (non-hydrogen) atoms. The molecule has 3 nitrogen and oxygen atoms in total. The van der Waals surface area contributed by atoms with Crippen LogP contribution in [0, 0.1) is 5.41 Å². The van der Waals surface area contributed by atoms with Crippen LogP contribution in [0.15, 0.2) is 0 Å². The summed E-state index contributed by atoms with van der Waals surface area (Å²) in [5.74, 6) is 1.17. The zero-order valence-electron chi connectivity index (χ0n) is 10.2. The monoisotopic (exact) mass is 243 g/mol. The van der Waals surface area contributed by atoms with Crippen molar-refractivity contribution in [2.45, 2.75) is 25.0 Å². The first-order valence-electron chi connectivity index (χ1n) is 5.96. The smallest absolute Gasteiger partial charge is 0.129 e. The minimum absolute atomic E-state index is 0.224. The molecule has 0 bridgehead atoms. The lowest BCUT2D eigenvalue weighted by Gasteiger charge is -2.40. The van der Waals surface area contributed by atoms with Crippen molar-refractivity contribution in [3.05, 3.63) is 0 Å². The Labute approximate surface area is 102 Å². The second-order valence-corrected chi connectivity index (χ2v) is 7.40. The molecule has 0 N–H and O–H groups in total. The normalized spacial score (nSPS) is 35.1. The summed E-state index contributed by atoms with van der Waals surface area (Å²) >= 11 is 2.03. The number of aldehydes is 1. The van der Waals surface area contributed by atoms with Crippen molar-refractivity contribution >= 4 is 18.0 Å². The van der Waals surface area contributed by atoms with Gasteiger partial charge in [0.2, 0.25) is 0 Å². The van der Waals surface area contributed by atoms with E-state index in [1.807, 2.05) is 11.8 Å². The van der Waals surface area contributed by atoms with Gasteiger partial charge in [-0.1, -0.05) is 0 Å². The second-order valence-electron chi connectivity index (χ2n) is 5.60. The summed E-state index contributed by atoms with van der Waals surface area (Å²) < 4.78 is 5.70. The molecule has 0 radical (unpaired) electrons. The fraction of sp³-hybridized carbons (Fsp3) is 0.917. The van der Waals surface area contributed by atoms with E-state index >= 15 is 0 Å². The maximum atomic E-state index is 11.3. The van der Waals surface area contributed by atoms with E-state index in [0.29, 0.717) is 11.4 Å². The average molecular weight is 243 g/mol. The van der Waals surface area contributed by atoms with Gasteiger partial charge < -0.3 is 14.4 Å². The Bertz CT molecular complexity index is 262. The highest BCUT2D eigenvalue weighted by atomic mass is 32.2. The number of carbonyl (C=O) groups is 1. The number of nitrogens with zero attached hydrogens (tertiary/aromatic N) is 1. The molecule has 0 aromatic carbocycles. The molecular weight excluding hydrogens is 222 g/mol. The minimum atomic E-state index is -0.224. The Balaban J connectivity index is 1.95. The van der Waals surface area contributed by atoms with E-state index in [-0.39, 0.29) is 5.41 Å². The van der Waals surface area contributed by atoms with Gasteiger partial charge in [-0.15, -0.1) is 0 Å². The van der Waals surface area contributed by atoms with Gasteiger partial charge in [-0.3, -0.25) is 0 Å². The summed E-state index contributed by atoms with van der Waals surface area (Å²) in [6.07, 6.45) is 2.01. The van der Waals surface area contributed by atoms with Gasteiger partial charge in [0.15, 0.2) is 0 Å². The predicted octanol–water partition coefficient (Wildman–Crippen LogP) is 1.42. The SMILES string of the molecule is CC1(C)CN(CC2(C=O)CCOC2)CCS1. The van der Waals surface area contributed by atoms with E-state index < -0.39 is 0 Å². The first-order valence-corrected chi connectivity index (χ1v) is 6.94. The van der Waals surface area contributed by atoms with E-state index in [1.165, 1.54) is 5.75 Å². The maximum absolute atomic E-state index is 11.3. The summed E-state index contributed by atoms with van der Waals surface area (Å²) in [7, 11) is 0. The fourth-order valence-corrected chi connectivity index (χ4v) is 3.75. The summed E-state index contributed by atoms with van der Waals surface area (Å²) in [5, 5.41) is 0. The van der Waals surface area contributed by atoms with Crippen molar-refractivity contribution in [3.63, 3.8) is 0 Å². The largest absolute Gasteiger partial charge is 0.380 e. The van der Waals surface area contributed by atoms with Gasteiger partial charge in [0, 0.05) is 36.7 Å². The van der Waals surface area contributed by atoms with Crippen LogP contribution in [0.1, 0.15) is 20.3 Å². The molecule has 0 spiro atoms. The molecule has 4 heteroatoms. The van der Waals surface area contributed by atoms with Crippen molar-refractivity contribution in [2.24, 2.45) is 5.41 Å². The fourth-order valence-electron chi connectivity index (χ4n) is 2.57. The molecule has 0 aromatic rings. The van der Waals surface area contributed by atoms with Crippen LogP contribution in [-0.4, -0.2) is 54.5 Å². The molecule has 2 heterocycles. The van der Waals surface area contributed by atoms with Gasteiger partial charge >= 0.3 is 0 Å². The van der Waals surface area contributed by atoms with Crippen LogP contribution in [0.2, 0.25) is 0 Å². The number of rotatable bonds is 3. The van der Waals surface area contributed by atoms with E-state index in [1.54, 1.807) is 0 Å². The molecule has 2 aliphatic heterocycles. The topological polar surface area (TPSA) is 29.5 Å². The van der Waals surface area contributed by atoms with Crippen molar-refractivity contribution < 1.29 is 9.53 Å². The lowest BCUT2D eigenvalue weighted by atomic mass is 9.88. The highest BCUT2D eigenvalue weighted by Crippen LogP contribution is 2.33. The van der Waals surface area contributed by atoms with Crippen molar-refractivity contribution in [1.82, 2.24) is 4.90 Å². The second kappa shape index (κ2) is 4.67. The van der Waals surface area contributed by atoms with Crippen molar-refractivity contribution in [2.75, 3.05) is 38.6 Å². The van der Waals surface area contributed by atoms with Gasteiger partial charge in [-0.05, 0) is 20.3 Å². The molecule has 0 aromatic heterocycles. The standard InChI is InChI=1S/C12H21NO2S/c1-11(2)7-13(4-6-16-11)8-12(9-14)3-5-15-10-12/h9H,3-8,10H2,1-2H3. The third-order valence-electron chi connectivity index (χ3n) is 3.43. The minimum Gasteiger partial charge on any atom is -0.380 e. The quantitative estimate of drug-likeness (QED) is 0.701. The Hall–Kier alpha value is -0.0600. The number of ether oxygens (including phenoxy) is 1. The van der Waals surface area contributed by atoms with Crippen LogP contribution in [0.4, 0.5) is 0 Å². The number of carbonyl (C=O) groups excluding carboxylic acids is 1. The molecule has 0 amide bonds. The molecule has 1 atom stereocenters. The lowest BCUT2D eigenvalue weighted by molar-refractivity contribution is -0.117. The molecule has 0 saturated carbocycles. The Morgan fingerprint density at radius 1 is 1.50 bits per heavy atom. The molecule has 2 saturated heterocycles. The van der Waals surface area contributed by atoms with Crippen molar-refractivity contribution in [3.8, 4) is 0 Å². The molecular formula is C12H21NO2S. The summed E-state index contributed by atoms with van der Waals surface area (Å²) in [5.41, 5.74) is -0.224. The first kappa shape index (κ1) is 12.4. The van der Waals surface area contributed by atoms with Gasteiger partial charge in [0.1, 0.15) is 6.29 Å². The third-order valence-corrected chi connectivity index (χ3v) is 4.72. The zero-order chi connectivity index (χ0) is 11.6. The summed E-state index contributed by atoms with van der Waals surface area (Å²) in [6, 6.07) is 0. The van der Waals surface area contributed by atoms with Crippen LogP contribution in [0.3, 0.4) is 0 Å². The van der Waals surface area contributed by atoms with Gasteiger partial charge in [0.25, 0.3) is 0 Å². The number of thioether (sulfide) groups is 1. The van der Waals surface area contributed by atoms with Crippen LogP contribution in [0.5, 0.6) is 0 Å². The highest BCUT2D eigenvalue weighted by Gasteiger charge is 2.38.